The van der Waals surface area contributed by atoms with Gasteiger partial charge in [0.15, 0.2) is 0 Å². The van der Waals surface area contributed by atoms with Gasteiger partial charge in [-0.1, -0.05) is 0 Å². The zero-order valence-corrected chi connectivity index (χ0v) is 4.25. The van der Waals surface area contributed by atoms with E-state index >= 15 is 0 Å². The zero-order chi connectivity index (χ0) is 7.65. The molecule has 0 aromatic rings. The lowest BCUT2D eigenvalue weighted by Crippen LogP contribution is -2.26. The maximum Gasteiger partial charge on any atom is 0.397 e. The van der Waals surface area contributed by atoms with Crippen LogP contribution in [0.4, 0.5) is 22.0 Å². The van der Waals surface area contributed by atoms with E-state index < -0.39 is 18.5 Å². The van der Waals surface area contributed by atoms with Gasteiger partial charge in [0.1, 0.15) is 5.92 Å². The van der Waals surface area contributed by atoms with Gasteiger partial charge in [-0.3, -0.25) is 0 Å². The van der Waals surface area contributed by atoms with Gasteiger partial charge in [0.05, 0.1) is 0 Å². The van der Waals surface area contributed by atoms with Gasteiger partial charge in [-0.25, -0.2) is 8.78 Å². The second-order valence-electron chi connectivity index (χ2n) is 1.48. The summed E-state index contributed by atoms with van der Waals surface area (Å²) in [6, 6.07) is 0. The van der Waals surface area contributed by atoms with E-state index in [2.05, 4.69) is 6.92 Å². The lowest BCUT2D eigenvalue weighted by molar-refractivity contribution is -0.191. The van der Waals surface area contributed by atoms with Gasteiger partial charge in [0.25, 0.3) is 0 Å². The predicted molar refractivity (Wildman–Crippen MR) is 20.9 cm³/mol. The average molecular weight is 147 g/mol. The Morgan fingerprint density at radius 3 is 1.44 bits per heavy atom. The molecular formula is C4H4F5. The van der Waals surface area contributed by atoms with Gasteiger partial charge in [0, 0.05) is 0 Å². The van der Waals surface area contributed by atoms with Gasteiger partial charge in [-0.05, 0) is 6.92 Å². The minimum atomic E-state index is -4.88. The summed E-state index contributed by atoms with van der Waals surface area (Å²) in [5, 5.41) is 0. The van der Waals surface area contributed by atoms with Crippen molar-refractivity contribution >= 4 is 0 Å². The minimum absolute atomic E-state index is 2.23. The average Bonchev–Trinajstić information content (AvgIpc) is 1.62. The van der Waals surface area contributed by atoms with Crippen molar-refractivity contribution in [2.24, 2.45) is 5.92 Å². The summed E-state index contributed by atoms with van der Waals surface area (Å²) in [5.41, 5.74) is 0. The summed E-state index contributed by atoms with van der Waals surface area (Å²) in [6.45, 7) is 2.23. The third-order valence-corrected chi connectivity index (χ3v) is 0.725. The molecule has 55 valence electrons. The summed E-state index contributed by atoms with van der Waals surface area (Å²) in [5.74, 6) is -2.77. The molecule has 1 radical (unpaired) electrons. The zero-order valence-electron chi connectivity index (χ0n) is 4.25. The fourth-order valence-electron chi connectivity index (χ4n) is 0.143. The summed E-state index contributed by atoms with van der Waals surface area (Å²) >= 11 is 0. The van der Waals surface area contributed by atoms with Crippen molar-refractivity contribution < 1.29 is 22.0 Å². The Morgan fingerprint density at radius 1 is 1.11 bits per heavy atom. The van der Waals surface area contributed by atoms with E-state index in [1.165, 1.54) is 0 Å². The molecule has 0 aromatic heterocycles. The van der Waals surface area contributed by atoms with E-state index in [0.717, 1.165) is 0 Å². The second kappa shape index (κ2) is 2.49. The number of hydrogen-bond acceptors (Lipinski definition) is 0. The van der Waals surface area contributed by atoms with E-state index in [1.54, 1.807) is 0 Å². The monoisotopic (exact) mass is 147 g/mol. The number of alkyl halides is 5. The standard InChI is InChI=1S/C4H4F5/c1-2(3(5)6)4(7,8)9/h2-3H,1H2. The highest BCUT2D eigenvalue weighted by Gasteiger charge is 2.42. The minimum Gasteiger partial charge on any atom is -0.210 e. The molecule has 0 nitrogen and oxygen atoms in total. The van der Waals surface area contributed by atoms with Crippen LogP contribution in [0.15, 0.2) is 0 Å². The maximum atomic E-state index is 11.2. The molecule has 0 aliphatic carbocycles. The molecule has 0 amide bonds. The Labute approximate surface area is 48.7 Å². The van der Waals surface area contributed by atoms with Crippen molar-refractivity contribution in [2.75, 3.05) is 0 Å². The SMILES string of the molecule is [CH2]C(C(F)F)C(F)(F)F. The molecule has 0 saturated heterocycles. The van der Waals surface area contributed by atoms with E-state index in [-0.39, 0.29) is 0 Å². The number of hydrogen-bond donors (Lipinski definition) is 0. The molecule has 0 aliphatic heterocycles. The van der Waals surface area contributed by atoms with Crippen LogP contribution in [0, 0.1) is 12.8 Å². The van der Waals surface area contributed by atoms with E-state index in [9.17, 15) is 22.0 Å². The lowest BCUT2D eigenvalue weighted by Gasteiger charge is -2.12. The van der Waals surface area contributed by atoms with Crippen molar-refractivity contribution in [3.63, 3.8) is 0 Å². The molecule has 0 aliphatic rings. The molecule has 0 heterocycles. The number of halogens is 5. The fourth-order valence-corrected chi connectivity index (χ4v) is 0.143. The van der Waals surface area contributed by atoms with Crippen LogP contribution in [-0.2, 0) is 0 Å². The molecule has 0 fully saturated rings. The molecule has 0 spiro atoms. The maximum absolute atomic E-state index is 11.2. The highest BCUT2D eigenvalue weighted by Crippen LogP contribution is 2.29. The van der Waals surface area contributed by atoms with Gasteiger partial charge >= 0.3 is 6.18 Å². The van der Waals surface area contributed by atoms with Crippen LogP contribution in [0.1, 0.15) is 0 Å². The van der Waals surface area contributed by atoms with Crippen LogP contribution in [-0.4, -0.2) is 12.6 Å². The Kier molecular flexibility index (Phi) is 2.40. The van der Waals surface area contributed by atoms with E-state index in [1.807, 2.05) is 0 Å². The highest BCUT2D eigenvalue weighted by atomic mass is 19.4. The third kappa shape index (κ3) is 2.62. The highest BCUT2D eigenvalue weighted by molar-refractivity contribution is 4.71. The molecule has 5 heteroatoms. The first-order valence-corrected chi connectivity index (χ1v) is 2.03. The molecule has 1 atom stereocenters. The van der Waals surface area contributed by atoms with Crippen LogP contribution in [0.25, 0.3) is 0 Å². The first-order valence-electron chi connectivity index (χ1n) is 2.03. The summed E-state index contributed by atoms with van der Waals surface area (Å²) in [6.07, 6.45) is -8.31. The van der Waals surface area contributed by atoms with Crippen LogP contribution in [0.5, 0.6) is 0 Å². The largest absolute Gasteiger partial charge is 0.397 e. The normalized spacial score (nSPS) is 16.3. The predicted octanol–water partition coefficient (Wildman–Crippen LogP) is 2.26. The molecule has 9 heavy (non-hydrogen) atoms. The van der Waals surface area contributed by atoms with Crippen molar-refractivity contribution in [3.05, 3.63) is 6.92 Å². The smallest absolute Gasteiger partial charge is 0.210 e. The van der Waals surface area contributed by atoms with Gasteiger partial charge in [-0.2, -0.15) is 13.2 Å². The molecule has 0 rings (SSSR count). The molecular weight excluding hydrogens is 143 g/mol. The van der Waals surface area contributed by atoms with E-state index in [0.29, 0.717) is 0 Å². The quantitative estimate of drug-likeness (QED) is 0.499. The molecule has 0 saturated carbocycles. The summed E-state index contributed by atoms with van der Waals surface area (Å²) in [7, 11) is 0. The molecule has 1 unspecified atom stereocenters. The molecule has 0 N–H and O–H groups in total. The Bertz CT molecular complexity index is 83.4. The van der Waals surface area contributed by atoms with Gasteiger partial charge in [0.2, 0.25) is 6.43 Å². The second-order valence-corrected chi connectivity index (χ2v) is 1.48. The molecule has 0 aromatic carbocycles. The fraction of sp³-hybridized carbons (Fsp3) is 0.750. The first-order chi connectivity index (χ1) is 3.85. The van der Waals surface area contributed by atoms with E-state index in [4.69, 9.17) is 0 Å². The van der Waals surface area contributed by atoms with Crippen molar-refractivity contribution in [1.29, 1.82) is 0 Å². The third-order valence-electron chi connectivity index (χ3n) is 0.725. The summed E-state index contributed by atoms with van der Waals surface area (Å²) in [4.78, 5) is 0. The van der Waals surface area contributed by atoms with Crippen molar-refractivity contribution in [2.45, 2.75) is 12.6 Å². The van der Waals surface area contributed by atoms with Crippen molar-refractivity contribution in [3.8, 4) is 0 Å². The Hall–Kier alpha value is -0.350. The lowest BCUT2D eigenvalue weighted by atomic mass is 10.2. The Balaban J connectivity index is 3.88. The topological polar surface area (TPSA) is 0 Å². The van der Waals surface area contributed by atoms with Crippen LogP contribution < -0.4 is 0 Å². The summed E-state index contributed by atoms with van der Waals surface area (Å²) < 4.78 is 55.8. The van der Waals surface area contributed by atoms with Crippen LogP contribution in [0.3, 0.4) is 0 Å². The first kappa shape index (κ1) is 8.65. The van der Waals surface area contributed by atoms with Crippen LogP contribution >= 0.6 is 0 Å². The molecule has 0 bridgehead atoms. The van der Waals surface area contributed by atoms with Crippen LogP contribution in [0.2, 0.25) is 0 Å². The number of rotatable bonds is 1. The Morgan fingerprint density at radius 2 is 1.44 bits per heavy atom. The van der Waals surface area contributed by atoms with Gasteiger partial charge in [-0.15, -0.1) is 0 Å². The van der Waals surface area contributed by atoms with Gasteiger partial charge < -0.3 is 0 Å². The van der Waals surface area contributed by atoms with Crippen molar-refractivity contribution in [1.82, 2.24) is 0 Å².